The van der Waals surface area contributed by atoms with Crippen molar-refractivity contribution >= 4 is 11.8 Å². The Labute approximate surface area is 211 Å². The van der Waals surface area contributed by atoms with Crippen LogP contribution in [0.15, 0.2) is 48.5 Å². The van der Waals surface area contributed by atoms with Crippen LogP contribution in [0.5, 0.6) is 11.5 Å². The highest BCUT2D eigenvalue weighted by Crippen LogP contribution is 2.37. The van der Waals surface area contributed by atoms with E-state index in [1.807, 2.05) is 44.5 Å². The quantitative estimate of drug-likeness (QED) is 0.356. The highest BCUT2D eigenvalue weighted by molar-refractivity contribution is 5.77. The zero-order chi connectivity index (χ0) is 25.9. The van der Waals surface area contributed by atoms with Gasteiger partial charge < -0.3 is 14.4 Å². The molecule has 0 bridgehead atoms. The molecule has 188 valence electrons. The second kappa shape index (κ2) is 10.4. The molecule has 2 heterocycles. The van der Waals surface area contributed by atoms with Gasteiger partial charge in [-0.3, -0.25) is 4.68 Å². The first-order chi connectivity index (χ1) is 17.2. The molecule has 36 heavy (non-hydrogen) atoms. The molecule has 1 fully saturated rings. The van der Waals surface area contributed by atoms with Gasteiger partial charge in [-0.2, -0.15) is 5.10 Å². The van der Waals surface area contributed by atoms with Crippen molar-refractivity contribution in [2.24, 2.45) is 0 Å². The summed E-state index contributed by atoms with van der Waals surface area (Å²) in [6.45, 7) is 16.5. The summed E-state index contributed by atoms with van der Waals surface area (Å²) in [5, 5.41) is 4.87. The lowest BCUT2D eigenvalue weighted by Crippen LogP contribution is -2.43. The molecule has 4 rings (SSSR count). The minimum absolute atomic E-state index is 0.0425. The van der Waals surface area contributed by atoms with Crippen LogP contribution >= 0.6 is 0 Å². The molecule has 7 nitrogen and oxygen atoms in total. The monoisotopic (exact) mass is 490 g/mol. The molecule has 0 spiro atoms. The van der Waals surface area contributed by atoms with Crippen molar-refractivity contribution in [2.75, 3.05) is 13.1 Å². The van der Waals surface area contributed by atoms with E-state index in [4.69, 9.17) is 21.1 Å². The number of rotatable bonds is 5. The van der Waals surface area contributed by atoms with Gasteiger partial charge in [0.25, 0.3) is 0 Å². The molecule has 8 heteroatoms. The van der Waals surface area contributed by atoms with Crippen molar-refractivity contribution in [2.45, 2.75) is 58.6 Å². The number of nitrogens with zero attached hydrogens (tertiary/aromatic N) is 4. The number of aromatic nitrogens is 2. The van der Waals surface area contributed by atoms with Crippen LogP contribution in [0.3, 0.4) is 0 Å². The van der Waals surface area contributed by atoms with Crippen molar-refractivity contribution in [3.8, 4) is 22.8 Å². The summed E-state index contributed by atoms with van der Waals surface area (Å²) in [4.78, 5) is 18.2. The molecule has 1 aromatic heterocycles. The van der Waals surface area contributed by atoms with E-state index in [1.54, 1.807) is 35.2 Å². The van der Waals surface area contributed by atoms with Crippen molar-refractivity contribution in [3.05, 3.63) is 71.5 Å². The SMILES string of the molecule is [C-]#[N+]c1c(-c2ccc(Oc3ccccc3F)cc2)nn([C@@H]2CCCN(C(=O)OC(C)(C)C)C2)c1CC. The predicted molar refractivity (Wildman–Crippen MR) is 136 cm³/mol. The molecule has 1 aliphatic rings. The number of ether oxygens (including phenoxy) is 2. The van der Waals surface area contributed by atoms with Crippen LogP contribution in [0.25, 0.3) is 16.1 Å². The molecule has 0 aliphatic carbocycles. The van der Waals surface area contributed by atoms with E-state index in [9.17, 15) is 9.18 Å². The number of carbonyl (C=O) groups excluding carboxylic acids is 1. The van der Waals surface area contributed by atoms with Crippen LogP contribution < -0.4 is 4.74 Å². The van der Waals surface area contributed by atoms with Crippen LogP contribution in [0.2, 0.25) is 0 Å². The van der Waals surface area contributed by atoms with E-state index >= 15 is 0 Å². The normalized spacial score (nSPS) is 15.9. The third-order valence-electron chi connectivity index (χ3n) is 6.01. The average molecular weight is 491 g/mol. The lowest BCUT2D eigenvalue weighted by molar-refractivity contribution is 0.0166. The van der Waals surface area contributed by atoms with Crippen molar-refractivity contribution in [1.82, 2.24) is 14.7 Å². The van der Waals surface area contributed by atoms with E-state index < -0.39 is 11.4 Å². The standard InChI is InChI=1S/C28H31FN4O3/c1-6-23-26(30-5)25(19-13-15-21(16-14-19)35-24-12-8-7-11-22(24)29)31-33(23)20-10-9-17-32(18-20)27(34)36-28(2,3)4/h7-8,11-16,20H,6,9-10,17-18H2,1-4H3/t20-/m1/s1. The van der Waals surface area contributed by atoms with Gasteiger partial charge in [-0.25, -0.2) is 14.0 Å². The summed E-state index contributed by atoms with van der Waals surface area (Å²) in [7, 11) is 0. The van der Waals surface area contributed by atoms with Gasteiger partial charge in [0.1, 0.15) is 11.4 Å². The van der Waals surface area contributed by atoms with E-state index in [0.29, 0.717) is 36.6 Å². The first kappa shape index (κ1) is 25.2. The topological polar surface area (TPSA) is 61.0 Å². The minimum atomic E-state index is -0.559. The first-order valence-electron chi connectivity index (χ1n) is 12.2. The van der Waals surface area contributed by atoms with Crippen molar-refractivity contribution in [3.63, 3.8) is 0 Å². The second-order valence-corrected chi connectivity index (χ2v) is 9.83. The Bertz CT molecular complexity index is 1270. The smallest absolute Gasteiger partial charge is 0.410 e. The number of amides is 1. The highest BCUT2D eigenvalue weighted by atomic mass is 19.1. The fraction of sp³-hybridized carbons (Fsp3) is 0.393. The maximum absolute atomic E-state index is 13.9. The third-order valence-corrected chi connectivity index (χ3v) is 6.01. The predicted octanol–water partition coefficient (Wildman–Crippen LogP) is 7.17. The number of hydrogen-bond acceptors (Lipinski definition) is 4. The number of para-hydroxylation sites is 1. The Morgan fingerprint density at radius 2 is 1.92 bits per heavy atom. The van der Waals surface area contributed by atoms with Crippen LogP contribution in [0, 0.1) is 12.4 Å². The summed E-state index contributed by atoms with van der Waals surface area (Å²) in [6.07, 6.45) is 2.01. The lowest BCUT2D eigenvalue weighted by atomic mass is 10.1. The van der Waals surface area contributed by atoms with Gasteiger partial charge in [-0.05, 0) is 69.9 Å². The van der Waals surface area contributed by atoms with Gasteiger partial charge in [0.15, 0.2) is 11.6 Å². The zero-order valence-corrected chi connectivity index (χ0v) is 21.1. The number of halogens is 1. The zero-order valence-electron chi connectivity index (χ0n) is 21.1. The van der Waals surface area contributed by atoms with Gasteiger partial charge in [-0.15, -0.1) is 0 Å². The Hall–Kier alpha value is -3.86. The minimum Gasteiger partial charge on any atom is -0.454 e. The summed E-state index contributed by atoms with van der Waals surface area (Å²) in [6, 6.07) is 13.3. The molecule has 0 saturated carbocycles. The van der Waals surface area contributed by atoms with Gasteiger partial charge in [0.05, 0.1) is 18.3 Å². The molecule has 1 aliphatic heterocycles. The number of piperidine rings is 1. The fourth-order valence-corrected chi connectivity index (χ4v) is 4.39. The van der Waals surface area contributed by atoms with Crippen LogP contribution in [-0.4, -0.2) is 39.5 Å². The van der Waals surface area contributed by atoms with E-state index in [2.05, 4.69) is 4.85 Å². The van der Waals surface area contributed by atoms with Crippen LogP contribution in [0.1, 0.15) is 52.3 Å². The van der Waals surface area contributed by atoms with Crippen molar-refractivity contribution in [1.29, 1.82) is 0 Å². The summed E-state index contributed by atoms with van der Waals surface area (Å²) in [5.41, 5.74) is 2.16. The second-order valence-electron chi connectivity index (χ2n) is 9.83. The Balaban J connectivity index is 1.59. The molecule has 1 amide bonds. The van der Waals surface area contributed by atoms with Crippen molar-refractivity contribution < 1.29 is 18.7 Å². The molecule has 0 radical (unpaired) electrons. The summed E-state index contributed by atoms with van der Waals surface area (Å²) >= 11 is 0. The molecule has 0 unspecified atom stereocenters. The van der Waals surface area contributed by atoms with Gasteiger partial charge in [-0.1, -0.05) is 31.2 Å². The number of likely N-dealkylation sites (tertiary alicyclic amines) is 1. The summed E-state index contributed by atoms with van der Waals surface area (Å²) < 4.78 is 27.1. The maximum Gasteiger partial charge on any atom is 0.410 e. The van der Waals surface area contributed by atoms with Gasteiger partial charge >= 0.3 is 6.09 Å². The number of carbonyl (C=O) groups is 1. The molecular weight excluding hydrogens is 459 g/mol. The molecule has 1 atom stereocenters. The summed E-state index contributed by atoms with van der Waals surface area (Å²) in [5.74, 6) is 0.205. The molecule has 2 aromatic carbocycles. The average Bonchev–Trinajstić information content (AvgIpc) is 3.24. The molecule has 1 saturated heterocycles. The maximum atomic E-state index is 13.9. The fourth-order valence-electron chi connectivity index (χ4n) is 4.39. The lowest BCUT2D eigenvalue weighted by Gasteiger charge is -2.34. The molecule has 0 N–H and O–H groups in total. The number of benzene rings is 2. The largest absolute Gasteiger partial charge is 0.454 e. The van der Waals surface area contributed by atoms with Gasteiger partial charge in [0, 0.05) is 18.8 Å². The Kier molecular flexibility index (Phi) is 7.30. The van der Waals surface area contributed by atoms with E-state index in [1.165, 1.54) is 6.07 Å². The van der Waals surface area contributed by atoms with Gasteiger partial charge in [0.2, 0.25) is 5.69 Å². The third kappa shape index (κ3) is 5.51. The Morgan fingerprint density at radius 3 is 2.56 bits per heavy atom. The Morgan fingerprint density at radius 1 is 1.19 bits per heavy atom. The molecular formula is C28H31FN4O3. The molecule has 3 aromatic rings. The highest BCUT2D eigenvalue weighted by Gasteiger charge is 2.31. The number of hydrogen-bond donors (Lipinski definition) is 0. The van der Waals surface area contributed by atoms with E-state index in [-0.39, 0.29) is 17.9 Å². The van der Waals surface area contributed by atoms with E-state index in [0.717, 1.165) is 24.1 Å². The van der Waals surface area contributed by atoms with Crippen LogP contribution in [-0.2, 0) is 11.2 Å². The van der Waals surface area contributed by atoms with Crippen LogP contribution in [0.4, 0.5) is 14.9 Å². The first-order valence-corrected chi connectivity index (χ1v) is 12.2.